The minimum atomic E-state index is -0.343. The summed E-state index contributed by atoms with van der Waals surface area (Å²) in [5.41, 5.74) is 0.446. The first kappa shape index (κ1) is 16.9. The van der Waals surface area contributed by atoms with E-state index in [-0.39, 0.29) is 17.2 Å². The molecule has 0 bridgehead atoms. The lowest BCUT2D eigenvalue weighted by Crippen LogP contribution is -2.33. The first-order valence-corrected chi connectivity index (χ1v) is 8.35. The molecule has 0 radical (unpaired) electrons. The molecule has 2 aromatic heterocycles. The summed E-state index contributed by atoms with van der Waals surface area (Å²) in [6.45, 7) is 4.01. The fourth-order valence-corrected chi connectivity index (χ4v) is 3.06. The largest absolute Gasteiger partial charge is 0.395 e. The van der Waals surface area contributed by atoms with Gasteiger partial charge in [0.1, 0.15) is 10.8 Å². The molecule has 1 saturated heterocycles. The fraction of sp³-hybridized carbons (Fsp3) is 0.438. The van der Waals surface area contributed by atoms with E-state index in [1.165, 1.54) is 0 Å². The molecule has 0 unspecified atom stereocenters. The van der Waals surface area contributed by atoms with E-state index >= 15 is 0 Å². The Hall–Kier alpha value is -1.96. The van der Waals surface area contributed by atoms with E-state index < -0.39 is 0 Å². The van der Waals surface area contributed by atoms with Crippen molar-refractivity contribution < 1.29 is 5.11 Å². The van der Waals surface area contributed by atoms with Gasteiger partial charge in [0, 0.05) is 44.1 Å². The maximum absolute atomic E-state index is 12.2. The third-order valence-corrected chi connectivity index (χ3v) is 4.44. The second kappa shape index (κ2) is 7.74. The zero-order chi connectivity index (χ0) is 16.9. The van der Waals surface area contributed by atoms with E-state index in [0.717, 1.165) is 31.6 Å². The predicted molar refractivity (Wildman–Crippen MR) is 93.5 cm³/mol. The maximum atomic E-state index is 12.2. The van der Waals surface area contributed by atoms with Crippen LogP contribution in [0.3, 0.4) is 0 Å². The minimum Gasteiger partial charge on any atom is -0.395 e. The van der Waals surface area contributed by atoms with Crippen LogP contribution in [0.2, 0.25) is 5.02 Å². The number of nitrogens with one attached hydrogen (secondary N) is 1. The summed E-state index contributed by atoms with van der Waals surface area (Å²) in [6, 6.07) is 3.59. The summed E-state index contributed by atoms with van der Waals surface area (Å²) < 4.78 is 0. The van der Waals surface area contributed by atoms with Crippen LogP contribution in [0, 0.1) is 0 Å². The molecule has 1 aliphatic rings. The molecule has 24 heavy (non-hydrogen) atoms. The molecule has 1 fully saturated rings. The van der Waals surface area contributed by atoms with Crippen LogP contribution in [0.15, 0.2) is 29.3 Å². The van der Waals surface area contributed by atoms with Gasteiger partial charge in [0.15, 0.2) is 5.82 Å². The number of aromatic nitrogens is 3. The maximum Gasteiger partial charge on any atom is 0.272 e. The third-order valence-electron chi connectivity index (χ3n) is 4.10. The summed E-state index contributed by atoms with van der Waals surface area (Å²) in [4.78, 5) is 27.7. The van der Waals surface area contributed by atoms with Crippen LogP contribution in [0.25, 0.3) is 11.4 Å². The number of pyridine rings is 1. The topological polar surface area (TPSA) is 85.4 Å². The van der Waals surface area contributed by atoms with Gasteiger partial charge in [0.2, 0.25) is 0 Å². The van der Waals surface area contributed by atoms with Gasteiger partial charge in [-0.3, -0.25) is 14.7 Å². The molecule has 3 rings (SSSR count). The smallest absolute Gasteiger partial charge is 0.272 e. The highest BCUT2D eigenvalue weighted by molar-refractivity contribution is 6.32. The second-order valence-corrected chi connectivity index (χ2v) is 6.07. The van der Waals surface area contributed by atoms with E-state index in [2.05, 4.69) is 19.9 Å². The molecule has 0 aromatic carbocycles. The number of aromatic amines is 1. The van der Waals surface area contributed by atoms with Crippen molar-refractivity contribution in [3.63, 3.8) is 0 Å². The van der Waals surface area contributed by atoms with Crippen molar-refractivity contribution in [1.29, 1.82) is 0 Å². The molecule has 0 spiro atoms. The zero-order valence-corrected chi connectivity index (χ0v) is 14.0. The van der Waals surface area contributed by atoms with Crippen molar-refractivity contribution in [3.05, 3.63) is 39.9 Å². The normalized spacial score (nSPS) is 16.2. The van der Waals surface area contributed by atoms with Gasteiger partial charge in [0.05, 0.1) is 6.61 Å². The molecule has 0 aliphatic carbocycles. The standard InChI is InChI=1S/C16H20ClN5O2/c17-13-15(22-7-1-6-21(8-9-22)10-11-23)19-14(20-16(13)24)12-2-4-18-5-3-12/h2-5,23H,1,6-11H2,(H,19,20,24). The molecule has 2 N–H and O–H groups in total. The molecule has 0 atom stereocenters. The van der Waals surface area contributed by atoms with E-state index in [4.69, 9.17) is 16.7 Å². The Labute approximate surface area is 144 Å². The van der Waals surface area contributed by atoms with Crippen LogP contribution in [0.5, 0.6) is 0 Å². The van der Waals surface area contributed by atoms with Crippen LogP contribution in [-0.4, -0.2) is 64.3 Å². The SMILES string of the molecule is O=c1[nH]c(-c2ccncc2)nc(N2CCCN(CCO)CC2)c1Cl. The molecular weight excluding hydrogens is 330 g/mol. The highest BCUT2D eigenvalue weighted by Crippen LogP contribution is 2.24. The third kappa shape index (κ3) is 3.75. The van der Waals surface area contributed by atoms with Crippen LogP contribution in [0.4, 0.5) is 5.82 Å². The Morgan fingerprint density at radius 1 is 1.21 bits per heavy atom. The summed E-state index contributed by atoms with van der Waals surface area (Å²) >= 11 is 6.22. The van der Waals surface area contributed by atoms with Gasteiger partial charge in [-0.2, -0.15) is 0 Å². The molecular formula is C16H20ClN5O2. The average Bonchev–Trinajstić information content (AvgIpc) is 2.84. The quantitative estimate of drug-likeness (QED) is 0.856. The van der Waals surface area contributed by atoms with Crippen molar-refractivity contribution in [2.24, 2.45) is 0 Å². The molecule has 2 aromatic rings. The number of anilines is 1. The second-order valence-electron chi connectivity index (χ2n) is 5.69. The fourth-order valence-electron chi connectivity index (χ4n) is 2.85. The Balaban J connectivity index is 1.90. The van der Waals surface area contributed by atoms with Gasteiger partial charge >= 0.3 is 0 Å². The Morgan fingerprint density at radius 3 is 2.75 bits per heavy atom. The number of hydrogen-bond donors (Lipinski definition) is 2. The summed E-state index contributed by atoms with van der Waals surface area (Å²) in [5, 5.41) is 9.21. The lowest BCUT2D eigenvalue weighted by atomic mass is 10.2. The van der Waals surface area contributed by atoms with Gasteiger partial charge in [-0.05, 0) is 25.1 Å². The average molecular weight is 350 g/mol. The monoisotopic (exact) mass is 349 g/mol. The number of H-pyrrole nitrogens is 1. The van der Waals surface area contributed by atoms with E-state index in [1.54, 1.807) is 24.5 Å². The lowest BCUT2D eigenvalue weighted by molar-refractivity contribution is 0.204. The van der Waals surface area contributed by atoms with Crippen LogP contribution in [0.1, 0.15) is 6.42 Å². The van der Waals surface area contributed by atoms with Crippen LogP contribution >= 0.6 is 11.6 Å². The van der Waals surface area contributed by atoms with Crippen molar-refractivity contribution in [3.8, 4) is 11.4 Å². The highest BCUT2D eigenvalue weighted by Gasteiger charge is 2.20. The van der Waals surface area contributed by atoms with Gasteiger partial charge in [-0.1, -0.05) is 11.6 Å². The molecule has 128 valence electrons. The minimum absolute atomic E-state index is 0.114. The number of aliphatic hydroxyl groups is 1. The molecule has 7 nitrogen and oxygen atoms in total. The van der Waals surface area contributed by atoms with Crippen molar-refractivity contribution in [2.45, 2.75) is 6.42 Å². The number of halogens is 1. The summed E-state index contributed by atoms with van der Waals surface area (Å²) in [6.07, 6.45) is 4.24. The zero-order valence-electron chi connectivity index (χ0n) is 13.3. The van der Waals surface area contributed by atoms with Gasteiger partial charge in [-0.15, -0.1) is 0 Å². The first-order chi connectivity index (χ1) is 11.7. The van der Waals surface area contributed by atoms with Crippen molar-refractivity contribution in [1.82, 2.24) is 19.9 Å². The highest BCUT2D eigenvalue weighted by atomic mass is 35.5. The van der Waals surface area contributed by atoms with Crippen LogP contribution in [-0.2, 0) is 0 Å². The number of nitrogens with zero attached hydrogens (tertiary/aromatic N) is 4. The van der Waals surface area contributed by atoms with Gasteiger partial charge < -0.3 is 15.0 Å². The first-order valence-electron chi connectivity index (χ1n) is 7.97. The Kier molecular flexibility index (Phi) is 5.44. The molecule has 8 heteroatoms. The van der Waals surface area contributed by atoms with Gasteiger partial charge in [-0.25, -0.2) is 4.98 Å². The Morgan fingerprint density at radius 2 is 2.00 bits per heavy atom. The lowest BCUT2D eigenvalue weighted by Gasteiger charge is -2.23. The van der Waals surface area contributed by atoms with E-state index in [1.807, 2.05) is 4.90 Å². The number of hydrogen-bond acceptors (Lipinski definition) is 6. The number of rotatable bonds is 4. The summed E-state index contributed by atoms with van der Waals surface area (Å²) in [5.74, 6) is 0.997. The van der Waals surface area contributed by atoms with Crippen molar-refractivity contribution in [2.75, 3.05) is 44.2 Å². The molecule has 1 aliphatic heterocycles. The Bertz CT molecular complexity index is 737. The predicted octanol–water partition coefficient (Wildman–Crippen LogP) is 0.990. The van der Waals surface area contributed by atoms with Crippen molar-refractivity contribution >= 4 is 17.4 Å². The van der Waals surface area contributed by atoms with Crippen LogP contribution < -0.4 is 10.5 Å². The van der Waals surface area contributed by atoms with E-state index in [0.29, 0.717) is 24.7 Å². The molecule has 0 amide bonds. The number of β-amino-alcohol motifs (C(OH)–C–C–N with tert-alkyl or cyclic N) is 1. The van der Waals surface area contributed by atoms with E-state index in [9.17, 15) is 4.79 Å². The van der Waals surface area contributed by atoms with Gasteiger partial charge in [0.25, 0.3) is 5.56 Å². The molecule has 3 heterocycles. The molecule has 0 saturated carbocycles. The number of aliphatic hydroxyl groups excluding tert-OH is 1. The summed E-state index contributed by atoms with van der Waals surface area (Å²) in [7, 11) is 0.